The molecule has 0 radical (unpaired) electrons. The molecule has 0 aromatic heterocycles. The molecule has 21 heavy (non-hydrogen) atoms. The van der Waals surface area contributed by atoms with E-state index in [0.29, 0.717) is 6.42 Å². The largest absolute Gasteiger partial charge is 0.465 e. The van der Waals surface area contributed by atoms with Gasteiger partial charge in [0.05, 0.1) is 19.3 Å². The van der Waals surface area contributed by atoms with Gasteiger partial charge < -0.3 is 14.6 Å². The molecule has 1 aromatic rings. The molecule has 5 heteroatoms. The van der Waals surface area contributed by atoms with E-state index in [-0.39, 0.29) is 19.6 Å². The smallest absolute Gasteiger partial charge is 0.323 e. The summed E-state index contributed by atoms with van der Waals surface area (Å²) in [5.41, 5.74) is 1.03. The molecule has 1 unspecified atom stereocenters. The first-order valence-electron chi connectivity index (χ1n) is 7.15. The van der Waals surface area contributed by atoms with Crippen molar-refractivity contribution in [2.45, 2.75) is 32.8 Å². The third-order valence-corrected chi connectivity index (χ3v) is 3.04. The number of aliphatic hydroxyl groups is 1. The van der Waals surface area contributed by atoms with Gasteiger partial charge >= 0.3 is 11.9 Å². The highest BCUT2D eigenvalue weighted by atomic mass is 16.6. The summed E-state index contributed by atoms with van der Waals surface area (Å²) >= 11 is 0. The van der Waals surface area contributed by atoms with Crippen LogP contribution in [0.5, 0.6) is 0 Å². The van der Waals surface area contributed by atoms with Gasteiger partial charge in [0.15, 0.2) is 5.92 Å². The van der Waals surface area contributed by atoms with Gasteiger partial charge in [-0.1, -0.05) is 30.3 Å². The number of esters is 2. The van der Waals surface area contributed by atoms with Crippen LogP contribution >= 0.6 is 0 Å². The molecular weight excluding hydrogens is 272 g/mol. The van der Waals surface area contributed by atoms with Gasteiger partial charge in [-0.25, -0.2) is 0 Å². The van der Waals surface area contributed by atoms with Crippen LogP contribution in [0.2, 0.25) is 0 Å². The van der Waals surface area contributed by atoms with Crippen LogP contribution in [-0.2, 0) is 25.5 Å². The first-order valence-corrected chi connectivity index (χ1v) is 7.15. The van der Waals surface area contributed by atoms with Crippen molar-refractivity contribution >= 4 is 11.9 Å². The third kappa shape index (κ3) is 5.55. The lowest BCUT2D eigenvalue weighted by Gasteiger charge is -2.19. The molecule has 1 rings (SSSR count). The minimum Gasteiger partial charge on any atom is -0.465 e. The van der Waals surface area contributed by atoms with Gasteiger partial charge in [-0.15, -0.1) is 0 Å². The maximum atomic E-state index is 11.8. The second kappa shape index (κ2) is 9.13. The van der Waals surface area contributed by atoms with Crippen molar-refractivity contribution in [2.75, 3.05) is 13.2 Å². The summed E-state index contributed by atoms with van der Waals surface area (Å²) in [6.45, 7) is 3.60. The molecule has 1 atom stereocenters. The highest BCUT2D eigenvalue weighted by Crippen LogP contribution is 2.15. The second-order valence-electron chi connectivity index (χ2n) is 4.57. The van der Waals surface area contributed by atoms with Crippen molar-refractivity contribution in [3.05, 3.63) is 35.9 Å². The zero-order valence-corrected chi connectivity index (χ0v) is 12.5. The number of hydrogen-bond donors (Lipinski definition) is 1. The summed E-state index contributed by atoms with van der Waals surface area (Å²) in [6.07, 6.45) is -0.271. The summed E-state index contributed by atoms with van der Waals surface area (Å²) in [6, 6.07) is 9.55. The molecule has 116 valence electrons. The summed E-state index contributed by atoms with van der Waals surface area (Å²) in [5.74, 6) is -2.76. The number of hydrogen-bond acceptors (Lipinski definition) is 5. The van der Waals surface area contributed by atoms with E-state index < -0.39 is 24.0 Å². The zero-order chi connectivity index (χ0) is 15.7. The van der Waals surface area contributed by atoms with Crippen LogP contribution in [0.15, 0.2) is 30.3 Å². The van der Waals surface area contributed by atoms with Crippen molar-refractivity contribution in [3.8, 4) is 0 Å². The fourth-order valence-electron chi connectivity index (χ4n) is 2.00. The van der Waals surface area contributed by atoms with E-state index in [1.807, 2.05) is 30.3 Å². The molecule has 0 amide bonds. The van der Waals surface area contributed by atoms with E-state index in [1.165, 1.54) is 0 Å². The Hall–Kier alpha value is -1.88. The lowest BCUT2D eigenvalue weighted by atomic mass is 9.96. The highest BCUT2D eigenvalue weighted by molar-refractivity contribution is 5.95. The Morgan fingerprint density at radius 2 is 1.57 bits per heavy atom. The Labute approximate surface area is 124 Å². The summed E-state index contributed by atoms with van der Waals surface area (Å²) in [7, 11) is 0. The van der Waals surface area contributed by atoms with Crippen molar-refractivity contribution in [3.63, 3.8) is 0 Å². The molecule has 0 saturated heterocycles. The average Bonchev–Trinajstić information content (AvgIpc) is 2.47. The van der Waals surface area contributed by atoms with E-state index in [2.05, 4.69) is 0 Å². The lowest BCUT2D eigenvalue weighted by molar-refractivity contribution is -0.167. The monoisotopic (exact) mass is 294 g/mol. The van der Waals surface area contributed by atoms with Crippen LogP contribution in [-0.4, -0.2) is 36.4 Å². The van der Waals surface area contributed by atoms with Crippen LogP contribution in [0.25, 0.3) is 0 Å². The molecule has 0 saturated carbocycles. The molecule has 1 N–H and O–H groups in total. The molecule has 0 aliphatic heterocycles. The molecule has 0 aliphatic carbocycles. The van der Waals surface area contributed by atoms with E-state index in [1.54, 1.807) is 13.8 Å². The fraction of sp³-hybridized carbons (Fsp3) is 0.500. The van der Waals surface area contributed by atoms with E-state index in [9.17, 15) is 14.7 Å². The maximum absolute atomic E-state index is 11.8. The predicted molar refractivity (Wildman–Crippen MR) is 77.5 cm³/mol. The van der Waals surface area contributed by atoms with Gasteiger partial charge in [0.2, 0.25) is 0 Å². The fourth-order valence-corrected chi connectivity index (χ4v) is 2.00. The second-order valence-corrected chi connectivity index (χ2v) is 4.57. The SMILES string of the molecule is CCOC(=O)C(C(=O)OCC)C(O)CCc1ccccc1. The Morgan fingerprint density at radius 3 is 2.05 bits per heavy atom. The zero-order valence-electron chi connectivity index (χ0n) is 12.5. The van der Waals surface area contributed by atoms with Crippen LogP contribution in [0.4, 0.5) is 0 Å². The number of ether oxygens (including phenoxy) is 2. The van der Waals surface area contributed by atoms with Crippen LogP contribution in [0, 0.1) is 5.92 Å². The number of benzene rings is 1. The van der Waals surface area contributed by atoms with Crippen molar-refractivity contribution in [1.29, 1.82) is 0 Å². The number of rotatable bonds is 8. The Morgan fingerprint density at radius 1 is 1.05 bits per heavy atom. The number of carbonyl (C=O) groups is 2. The molecule has 0 aliphatic rings. The minimum absolute atomic E-state index is 0.153. The summed E-state index contributed by atoms with van der Waals surface area (Å²) in [4.78, 5) is 23.7. The van der Waals surface area contributed by atoms with Gasteiger partial charge in [0, 0.05) is 0 Å². The molecule has 1 aromatic carbocycles. The molecular formula is C16H22O5. The first kappa shape index (κ1) is 17.2. The quantitative estimate of drug-likeness (QED) is 0.584. The predicted octanol–water partition coefficient (Wildman–Crippen LogP) is 1.72. The number of aryl methyl sites for hydroxylation is 1. The highest BCUT2D eigenvalue weighted by Gasteiger charge is 2.36. The summed E-state index contributed by atoms with van der Waals surface area (Å²) in [5, 5.41) is 10.2. The van der Waals surface area contributed by atoms with E-state index in [4.69, 9.17) is 9.47 Å². The molecule has 5 nitrogen and oxygen atoms in total. The van der Waals surface area contributed by atoms with E-state index in [0.717, 1.165) is 5.56 Å². The summed E-state index contributed by atoms with van der Waals surface area (Å²) < 4.78 is 9.69. The van der Waals surface area contributed by atoms with Gasteiger partial charge in [-0.2, -0.15) is 0 Å². The Kier molecular flexibility index (Phi) is 7.46. The minimum atomic E-state index is -1.28. The maximum Gasteiger partial charge on any atom is 0.323 e. The normalized spacial score (nSPS) is 12.0. The van der Waals surface area contributed by atoms with Gasteiger partial charge in [-0.3, -0.25) is 9.59 Å². The third-order valence-electron chi connectivity index (χ3n) is 3.04. The molecule has 0 fully saturated rings. The standard InChI is InChI=1S/C16H22O5/c1-3-20-15(18)14(16(19)21-4-2)13(17)11-10-12-8-6-5-7-9-12/h5-9,13-14,17H,3-4,10-11H2,1-2H3. The number of carbonyl (C=O) groups excluding carboxylic acids is 2. The Balaban J connectivity index is 2.68. The van der Waals surface area contributed by atoms with Gasteiger partial charge in [0.1, 0.15) is 0 Å². The topological polar surface area (TPSA) is 72.8 Å². The van der Waals surface area contributed by atoms with Crippen molar-refractivity contribution in [2.24, 2.45) is 5.92 Å². The van der Waals surface area contributed by atoms with Crippen LogP contribution in [0.1, 0.15) is 25.8 Å². The molecule has 0 spiro atoms. The van der Waals surface area contributed by atoms with E-state index >= 15 is 0 Å². The van der Waals surface area contributed by atoms with Crippen LogP contribution in [0.3, 0.4) is 0 Å². The average molecular weight is 294 g/mol. The first-order chi connectivity index (χ1) is 10.1. The molecule has 0 bridgehead atoms. The van der Waals surface area contributed by atoms with Crippen molar-refractivity contribution < 1.29 is 24.2 Å². The van der Waals surface area contributed by atoms with Gasteiger partial charge in [-0.05, 0) is 32.3 Å². The lowest BCUT2D eigenvalue weighted by Crippen LogP contribution is -2.38. The van der Waals surface area contributed by atoms with Crippen LogP contribution < -0.4 is 0 Å². The number of aliphatic hydroxyl groups excluding tert-OH is 1. The van der Waals surface area contributed by atoms with Crippen molar-refractivity contribution in [1.82, 2.24) is 0 Å². The molecule has 0 heterocycles. The van der Waals surface area contributed by atoms with Gasteiger partial charge in [0.25, 0.3) is 0 Å². The Bertz CT molecular complexity index is 425.